The number of aryl methyl sites for hydroxylation is 2. The van der Waals surface area contributed by atoms with Crippen molar-refractivity contribution in [2.45, 2.75) is 26.3 Å². The predicted molar refractivity (Wildman–Crippen MR) is 94.5 cm³/mol. The summed E-state index contributed by atoms with van der Waals surface area (Å²) in [6.45, 7) is 5.90. The number of nitrogens with one attached hydrogen (secondary N) is 1. The Morgan fingerprint density at radius 2 is 2.21 bits per heavy atom. The molecule has 0 radical (unpaired) electrons. The first-order chi connectivity index (χ1) is 11.6. The van der Waals surface area contributed by atoms with Crippen LogP contribution in [0.1, 0.15) is 23.1 Å². The van der Waals surface area contributed by atoms with Crippen molar-refractivity contribution < 1.29 is 4.79 Å². The summed E-state index contributed by atoms with van der Waals surface area (Å²) >= 11 is 0. The van der Waals surface area contributed by atoms with Crippen molar-refractivity contribution in [3.05, 3.63) is 53.3 Å². The summed E-state index contributed by atoms with van der Waals surface area (Å²) in [5.41, 5.74) is 3.54. The van der Waals surface area contributed by atoms with Crippen LogP contribution in [0.4, 0.5) is 0 Å². The molecule has 2 aromatic rings. The molecule has 1 aromatic carbocycles. The second-order valence-corrected chi connectivity index (χ2v) is 6.82. The molecule has 1 unspecified atom stereocenters. The number of likely N-dealkylation sites (tertiary alicyclic amines) is 1. The lowest BCUT2D eigenvalue weighted by Gasteiger charge is -2.15. The Morgan fingerprint density at radius 1 is 1.38 bits per heavy atom. The number of amides is 1. The summed E-state index contributed by atoms with van der Waals surface area (Å²) in [4.78, 5) is 14.6. The Kier molecular flexibility index (Phi) is 5.30. The topological polar surface area (TPSA) is 50.2 Å². The van der Waals surface area contributed by atoms with Gasteiger partial charge in [0.25, 0.3) is 0 Å². The van der Waals surface area contributed by atoms with Crippen molar-refractivity contribution >= 4 is 5.91 Å². The first kappa shape index (κ1) is 16.7. The van der Waals surface area contributed by atoms with Gasteiger partial charge in [-0.15, -0.1) is 0 Å². The number of aromatic nitrogens is 2. The number of hydrogen-bond acceptors (Lipinski definition) is 3. The van der Waals surface area contributed by atoms with Gasteiger partial charge in [-0.2, -0.15) is 5.10 Å². The molecule has 0 saturated carbocycles. The minimum absolute atomic E-state index is 0.120. The molecule has 5 heteroatoms. The van der Waals surface area contributed by atoms with Gasteiger partial charge in [0.15, 0.2) is 0 Å². The zero-order chi connectivity index (χ0) is 16.9. The van der Waals surface area contributed by atoms with E-state index in [4.69, 9.17) is 0 Å². The van der Waals surface area contributed by atoms with E-state index in [0.717, 1.165) is 38.2 Å². The standard InChI is InChI=1S/C19H26N4O/c1-15-5-3-4-6-18(15)9-19(24)20-10-16-7-8-23(13-16)14-17-11-21-22(2)12-17/h3-6,11-12,16H,7-10,13-14H2,1-2H3,(H,20,24). The largest absolute Gasteiger partial charge is 0.355 e. The molecule has 1 N–H and O–H groups in total. The van der Waals surface area contributed by atoms with Crippen LogP contribution in [0.5, 0.6) is 0 Å². The lowest BCUT2D eigenvalue weighted by Crippen LogP contribution is -2.32. The molecule has 1 aliphatic rings. The summed E-state index contributed by atoms with van der Waals surface area (Å²) in [5.74, 6) is 0.664. The van der Waals surface area contributed by atoms with Crippen molar-refractivity contribution in [3.63, 3.8) is 0 Å². The molecule has 1 aromatic heterocycles. The van der Waals surface area contributed by atoms with Gasteiger partial charge in [0.05, 0.1) is 12.6 Å². The van der Waals surface area contributed by atoms with E-state index in [1.807, 2.05) is 36.1 Å². The number of hydrogen-bond donors (Lipinski definition) is 1. The van der Waals surface area contributed by atoms with Crippen LogP contribution < -0.4 is 5.32 Å². The van der Waals surface area contributed by atoms with Gasteiger partial charge < -0.3 is 5.32 Å². The van der Waals surface area contributed by atoms with Crippen molar-refractivity contribution in [2.24, 2.45) is 13.0 Å². The monoisotopic (exact) mass is 326 g/mol. The first-order valence-corrected chi connectivity index (χ1v) is 8.61. The number of rotatable bonds is 6. The van der Waals surface area contributed by atoms with Crippen molar-refractivity contribution in [1.29, 1.82) is 0 Å². The number of carbonyl (C=O) groups is 1. The molecule has 0 bridgehead atoms. The second kappa shape index (κ2) is 7.62. The summed E-state index contributed by atoms with van der Waals surface area (Å²) in [7, 11) is 1.94. The highest BCUT2D eigenvalue weighted by atomic mass is 16.1. The van der Waals surface area contributed by atoms with Crippen molar-refractivity contribution in [1.82, 2.24) is 20.0 Å². The minimum Gasteiger partial charge on any atom is -0.355 e. The van der Waals surface area contributed by atoms with Crippen LogP contribution in [0.2, 0.25) is 0 Å². The molecular formula is C19H26N4O. The quantitative estimate of drug-likeness (QED) is 0.882. The van der Waals surface area contributed by atoms with E-state index in [1.54, 1.807) is 0 Å². The van der Waals surface area contributed by atoms with Crippen LogP contribution in [-0.4, -0.2) is 40.2 Å². The highest BCUT2D eigenvalue weighted by molar-refractivity contribution is 5.78. The molecule has 24 heavy (non-hydrogen) atoms. The van der Waals surface area contributed by atoms with Gasteiger partial charge in [0, 0.05) is 38.4 Å². The van der Waals surface area contributed by atoms with E-state index in [1.165, 1.54) is 11.1 Å². The summed E-state index contributed by atoms with van der Waals surface area (Å²) in [6, 6.07) is 8.07. The fourth-order valence-electron chi connectivity index (χ4n) is 3.34. The molecule has 1 aliphatic heterocycles. The Labute approximate surface area is 143 Å². The van der Waals surface area contributed by atoms with E-state index in [9.17, 15) is 4.79 Å². The summed E-state index contributed by atoms with van der Waals surface area (Å²) in [6.07, 6.45) is 5.61. The molecule has 1 amide bonds. The van der Waals surface area contributed by atoms with Crippen LogP contribution in [0.25, 0.3) is 0 Å². The third kappa shape index (κ3) is 4.45. The highest BCUT2D eigenvalue weighted by Crippen LogP contribution is 2.18. The Balaban J connectivity index is 1.41. The van der Waals surface area contributed by atoms with Gasteiger partial charge in [0.2, 0.25) is 5.91 Å². The van der Waals surface area contributed by atoms with Gasteiger partial charge in [-0.3, -0.25) is 14.4 Å². The number of benzene rings is 1. The Hall–Kier alpha value is -2.14. The maximum Gasteiger partial charge on any atom is 0.224 e. The van der Waals surface area contributed by atoms with E-state index in [0.29, 0.717) is 12.3 Å². The zero-order valence-electron chi connectivity index (χ0n) is 14.5. The smallest absolute Gasteiger partial charge is 0.224 e. The molecule has 1 saturated heterocycles. The molecule has 128 valence electrons. The van der Waals surface area contributed by atoms with Crippen molar-refractivity contribution in [2.75, 3.05) is 19.6 Å². The average Bonchev–Trinajstić information content (AvgIpc) is 3.17. The number of carbonyl (C=O) groups excluding carboxylic acids is 1. The molecule has 0 spiro atoms. The first-order valence-electron chi connectivity index (χ1n) is 8.61. The molecule has 2 heterocycles. The minimum atomic E-state index is 0.120. The summed E-state index contributed by atoms with van der Waals surface area (Å²) in [5, 5.41) is 7.32. The van der Waals surface area contributed by atoms with Crippen LogP contribution in [0.3, 0.4) is 0 Å². The van der Waals surface area contributed by atoms with Crippen LogP contribution in [0, 0.1) is 12.8 Å². The fraction of sp³-hybridized carbons (Fsp3) is 0.474. The highest BCUT2D eigenvalue weighted by Gasteiger charge is 2.23. The fourth-order valence-corrected chi connectivity index (χ4v) is 3.34. The van der Waals surface area contributed by atoms with Crippen LogP contribution in [0.15, 0.2) is 36.7 Å². The van der Waals surface area contributed by atoms with Gasteiger partial charge >= 0.3 is 0 Å². The Bertz CT molecular complexity index is 694. The third-order valence-corrected chi connectivity index (χ3v) is 4.73. The van der Waals surface area contributed by atoms with E-state index < -0.39 is 0 Å². The predicted octanol–water partition coefficient (Wildman–Crippen LogP) is 1.91. The van der Waals surface area contributed by atoms with Crippen LogP contribution >= 0.6 is 0 Å². The average molecular weight is 326 g/mol. The van der Waals surface area contributed by atoms with E-state index >= 15 is 0 Å². The normalized spacial score (nSPS) is 18.0. The zero-order valence-corrected chi connectivity index (χ0v) is 14.5. The maximum atomic E-state index is 12.2. The van der Waals surface area contributed by atoms with E-state index in [2.05, 4.69) is 34.5 Å². The Morgan fingerprint density at radius 3 is 2.96 bits per heavy atom. The molecule has 1 atom stereocenters. The molecule has 5 nitrogen and oxygen atoms in total. The SMILES string of the molecule is Cc1ccccc1CC(=O)NCC1CCN(Cc2cnn(C)c2)C1. The molecular weight excluding hydrogens is 300 g/mol. The van der Waals surface area contributed by atoms with Crippen molar-refractivity contribution in [3.8, 4) is 0 Å². The lowest BCUT2D eigenvalue weighted by atomic mass is 10.1. The summed E-state index contributed by atoms with van der Waals surface area (Å²) < 4.78 is 1.84. The van der Waals surface area contributed by atoms with Gasteiger partial charge in [0.1, 0.15) is 0 Å². The number of nitrogens with zero attached hydrogens (tertiary/aromatic N) is 3. The van der Waals surface area contributed by atoms with Crippen LogP contribution in [-0.2, 0) is 24.8 Å². The third-order valence-electron chi connectivity index (χ3n) is 4.73. The maximum absolute atomic E-state index is 12.2. The molecule has 3 rings (SSSR count). The van der Waals surface area contributed by atoms with E-state index in [-0.39, 0.29) is 5.91 Å². The van der Waals surface area contributed by atoms with Gasteiger partial charge in [-0.1, -0.05) is 24.3 Å². The lowest BCUT2D eigenvalue weighted by molar-refractivity contribution is -0.120. The molecule has 0 aliphatic carbocycles. The van der Waals surface area contributed by atoms with Gasteiger partial charge in [-0.05, 0) is 36.9 Å². The second-order valence-electron chi connectivity index (χ2n) is 6.82. The molecule has 1 fully saturated rings. The van der Waals surface area contributed by atoms with Gasteiger partial charge in [-0.25, -0.2) is 0 Å².